The lowest BCUT2D eigenvalue weighted by atomic mass is 9.83. The Bertz CT molecular complexity index is 349. The fraction of sp³-hybridized carbons (Fsp3) is 0.364. The van der Waals surface area contributed by atoms with Crippen molar-refractivity contribution in [2.75, 3.05) is 0 Å². The van der Waals surface area contributed by atoms with Gasteiger partial charge in [0.2, 0.25) is 5.91 Å². The van der Waals surface area contributed by atoms with Gasteiger partial charge < -0.3 is 0 Å². The van der Waals surface area contributed by atoms with Crippen LogP contribution in [0.25, 0.3) is 0 Å². The first-order valence-corrected chi connectivity index (χ1v) is 4.88. The highest BCUT2D eigenvalue weighted by Crippen LogP contribution is 2.25. The number of rotatable bonds is 1. The molecular formula is C11H14N2O. The number of fused-ring (bicyclic) bond motifs is 1. The summed E-state index contributed by atoms with van der Waals surface area (Å²) < 4.78 is 0. The number of carbonyl (C=O) groups is 1. The maximum Gasteiger partial charge on any atom is 0.237 e. The maximum absolute atomic E-state index is 11.3. The van der Waals surface area contributed by atoms with Gasteiger partial charge in [-0.25, -0.2) is 5.84 Å². The van der Waals surface area contributed by atoms with Crippen LogP contribution in [0.15, 0.2) is 24.3 Å². The fourth-order valence-corrected chi connectivity index (χ4v) is 2.04. The molecule has 1 aliphatic rings. The highest BCUT2D eigenvalue weighted by atomic mass is 16.2. The van der Waals surface area contributed by atoms with Gasteiger partial charge in [-0.3, -0.25) is 10.2 Å². The van der Waals surface area contributed by atoms with Crippen LogP contribution in [0, 0.1) is 5.92 Å². The molecule has 1 aromatic carbocycles. The van der Waals surface area contributed by atoms with E-state index in [1.165, 1.54) is 11.1 Å². The Morgan fingerprint density at radius 2 is 2.07 bits per heavy atom. The molecule has 0 unspecified atom stereocenters. The zero-order chi connectivity index (χ0) is 9.97. The standard InChI is InChI=1S/C11H14N2O/c12-13-11(14)10-6-5-8-3-1-2-4-9(8)7-10/h1-4,10H,5-7,12H2,(H,13,14)/t10-/m0/s1. The first-order valence-electron chi connectivity index (χ1n) is 4.88. The van der Waals surface area contributed by atoms with E-state index in [0.29, 0.717) is 0 Å². The monoisotopic (exact) mass is 190 g/mol. The first kappa shape index (κ1) is 9.21. The third-order valence-electron chi connectivity index (χ3n) is 2.86. The van der Waals surface area contributed by atoms with Crippen LogP contribution >= 0.6 is 0 Å². The van der Waals surface area contributed by atoms with Gasteiger partial charge in [0, 0.05) is 5.92 Å². The molecule has 0 aliphatic heterocycles. The number of nitrogens with one attached hydrogen (secondary N) is 1. The Hall–Kier alpha value is -1.35. The van der Waals surface area contributed by atoms with Gasteiger partial charge in [-0.1, -0.05) is 24.3 Å². The number of amides is 1. The number of benzene rings is 1. The van der Waals surface area contributed by atoms with Crippen molar-refractivity contribution in [2.24, 2.45) is 11.8 Å². The number of carbonyl (C=O) groups excluding carboxylic acids is 1. The Labute approximate surface area is 83.3 Å². The van der Waals surface area contributed by atoms with E-state index in [9.17, 15) is 4.79 Å². The Morgan fingerprint density at radius 3 is 2.79 bits per heavy atom. The summed E-state index contributed by atoms with van der Waals surface area (Å²) in [6.07, 6.45) is 2.70. The molecular weight excluding hydrogens is 176 g/mol. The summed E-state index contributed by atoms with van der Waals surface area (Å²) in [5.41, 5.74) is 4.88. The lowest BCUT2D eigenvalue weighted by molar-refractivity contribution is -0.125. The fourth-order valence-electron chi connectivity index (χ4n) is 2.04. The summed E-state index contributed by atoms with van der Waals surface area (Å²) >= 11 is 0. The van der Waals surface area contributed by atoms with Gasteiger partial charge in [0.25, 0.3) is 0 Å². The summed E-state index contributed by atoms with van der Waals surface area (Å²) in [6.45, 7) is 0. The summed E-state index contributed by atoms with van der Waals surface area (Å²) in [5, 5.41) is 0. The Morgan fingerprint density at radius 1 is 1.36 bits per heavy atom. The average molecular weight is 190 g/mol. The molecule has 3 heteroatoms. The molecule has 2 rings (SSSR count). The minimum absolute atomic E-state index is 0.0421. The van der Waals surface area contributed by atoms with E-state index < -0.39 is 0 Å². The molecule has 3 nitrogen and oxygen atoms in total. The lowest BCUT2D eigenvalue weighted by Crippen LogP contribution is -2.38. The zero-order valence-corrected chi connectivity index (χ0v) is 7.99. The second kappa shape index (κ2) is 3.80. The van der Waals surface area contributed by atoms with E-state index in [1.54, 1.807) is 0 Å². The summed E-state index contributed by atoms with van der Waals surface area (Å²) in [7, 11) is 0. The van der Waals surface area contributed by atoms with Crippen molar-refractivity contribution in [3.8, 4) is 0 Å². The van der Waals surface area contributed by atoms with Crippen LogP contribution in [0.2, 0.25) is 0 Å². The van der Waals surface area contributed by atoms with Crippen molar-refractivity contribution >= 4 is 5.91 Å². The number of nitrogens with two attached hydrogens (primary N) is 1. The van der Waals surface area contributed by atoms with Crippen molar-refractivity contribution < 1.29 is 4.79 Å². The van der Waals surface area contributed by atoms with Crippen LogP contribution in [0.3, 0.4) is 0 Å². The molecule has 0 aromatic heterocycles. The quantitative estimate of drug-likeness (QED) is 0.390. The highest BCUT2D eigenvalue weighted by molar-refractivity contribution is 5.78. The van der Waals surface area contributed by atoms with Gasteiger partial charge in [0.1, 0.15) is 0 Å². The predicted octanol–water partition coefficient (Wildman–Crippen LogP) is 0.781. The third kappa shape index (κ3) is 1.63. The van der Waals surface area contributed by atoms with Crippen molar-refractivity contribution in [1.29, 1.82) is 0 Å². The predicted molar refractivity (Wildman–Crippen MR) is 54.3 cm³/mol. The maximum atomic E-state index is 11.3. The van der Waals surface area contributed by atoms with Crippen LogP contribution in [-0.2, 0) is 17.6 Å². The SMILES string of the molecule is NNC(=O)[C@H]1CCc2ccccc2C1. The van der Waals surface area contributed by atoms with Crippen molar-refractivity contribution in [2.45, 2.75) is 19.3 Å². The van der Waals surface area contributed by atoms with Crippen molar-refractivity contribution in [3.63, 3.8) is 0 Å². The molecule has 14 heavy (non-hydrogen) atoms. The number of aryl methyl sites for hydroxylation is 1. The van der Waals surface area contributed by atoms with Crippen LogP contribution in [-0.4, -0.2) is 5.91 Å². The van der Waals surface area contributed by atoms with Gasteiger partial charge in [-0.15, -0.1) is 0 Å². The van der Waals surface area contributed by atoms with Crippen LogP contribution in [0.4, 0.5) is 0 Å². The van der Waals surface area contributed by atoms with E-state index in [2.05, 4.69) is 17.6 Å². The van der Waals surface area contributed by atoms with Gasteiger partial charge in [0.15, 0.2) is 0 Å². The largest absolute Gasteiger partial charge is 0.294 e. The lowest BCUT2D eigenvalue weighted by Gasteiger charge is -2.22. The van der Waals surface area contributed by atoms with Gasteiger partial charge in [0.05, 0.1) is 0 Å². The number of hydrogen-bond acceptors (Lipinski definition) is 2. The normalized spacial score (nSPS) is 19.9. The first-order chi connectivity index (χ1) is 6.81. The molecule has 74 valence electrons. The Balaban J connectivity index is 2.17. The number of hydrazine groups is 1. The third-order valence-corrected chi connectivity index (χ3v) is 2.86. The molecule has 0 spiro atoms. The van der Waals surface area contributed by atoms with E-state index in [1.807, 2.05) is 12.1 Å². The van der Waals surface area contributed by atoms with Crippen LogP contribution in [0.5, 0.6) is 0 Å². The number of hydrogen-bond donors (Lipinski definition) is 2. The van der Waals surface area contributed by atoms with Crippen molar-refractivity contribution in [3.05, 3.63) is 35.4 Å². The second-order valence-electron chi connectivity index (χ2n) is 3.72. The average Bonchev–Trinajstić information content (AvgIpc) is 2.27. The second-order valence-corrected chi connectivity index (χ2v) is 3.72. The van der Waals surface area contributed by atoms with Crippen LogP contribution in [0.1, 0.15) is 17.5 Å². The summed E-state index contributed by atoms with van der Waals surface area (Å²) in [5.74, 6) is 5.13. The van der Waals surface area contributed by atoms with E-state index in [4.69, 9.17) is 5.84 Å². The zero-order valence-electron chi connectivity index (χ0n) is 7.99. The van der Waals surface area contributed by atoms with Crippen molar-refractivity contribution in [1.82, 2.24) is 5.43 Å². The molecule has 0 bridgehead atoms. The van der Waals surface area contributed by atoms with Gasteiger partial charge in [-0.05, 0) is 30.4 Å². The molecule has 0 saturated carbocycles. The van der Waals surface area contributed by atoms with Gasteiger partial charge >= 0.3 is 0 Å². The minimum Gasteiger partial charge on any atom is -0.294 e. The smallest absolute Gasteiger partial charge is 0.237 e. The van der Waals surface area contributed by atoms with Crippen LogP contribution < -0.4 is 11.3 Å². The molecule has 0 saturated heterocycles. The molecule has 3 N–H and O–H groups in total. The van der Waals surface area contributed by atoms with E-state index >= 15 is 0 Å². The molecule has 1 aromatic rings. The molecule has 0 heterocycles. The van der Waals surface area contributed by atoms with E-state index in [-0.39, 0.29) is 11.8 Å². The molecule has 0 fully saturated rings. The molecule has 1 amide bonds. The summed E-state index contributed by atoms with van der Waals surface area (Å²) in [4.78, 5) is 11.3. The minimum atomic E-state index is -0.0421. The summed E-state index contributed by atoms with van der Waals surface area (Å²) in [6, 6.07) is 8.28. The highest BCUT2D eigenvalue weighted by Gasteiger charge is 2.23. The molecule has 1 atom stereocenters. The topological polar surface area (TPSA) is 55.1 Å². The Kier molecular flexibility index (Phi) is 2.50. The molecule has 1 aliphatic carbocycles. The van der Waals surface area contributed by atoms with E-state index in [0.717, 1.165) is 19.3 Å². The van der Waals surface area contributed by atoms with Gasteiger partial charge in [-0.2, -0.15) is 0 Å². The molecule has 0 radical (unpaired) electrons.